The third-order valence-corrected chi connectivity index (χ3v) is 15.8. The Labute approximate surface area is 472 Å². The summed E-state index contributed by atoms with van der Waals surface area (Å²) >= 11 is 0. The third kappa shape index (κ3) is 56.9. The maximum absolute atomic E-state index is 13.6. The number of allylic oxidation sites excluding steroid dienone is 5. The van der Waals surface area contributed by atoms with Gasteiger partial charge in [-0.1, -0.05) is 282 Å². The molecule has 0 aromatic carbocycles. The molecule has 0 aliphatic heterocycles. The summed E-state index contributed by atoms with van der Waals surface area (Å²) in [6.45, 7) is 7.03. The lowest BCUT2D eigenvalue weighted by atomic mass is 10.0. The van der Waals surface area contributed by atoms with Crippen LogP contribution in [0.3, 0.4) is 0 Å². The van der Waals surface area contributed by atoms with Crippen molar-refractivity contribution in [3.63, 3.8) is 0 Å². The predicted molar refractivity (Wildman–Crippen MR) is 328 cm³/mol. The Bertz CT molecular complexity index is 1400. The Balaban J connectivity index is 5.11. The van der Waals surface area contributed by atoms with Gasteiger partial charge in [-0.3, -0.25) is 18.6 Å². The number of amides is 1. The molecule has 0 rings (SSSR count). The molecule has 448 valence electrons. The molecule has 0 aromatic heterocycles. The van der Waals surface area contributed by atoms with Crippen LogP contribution in [-0.4, -0.2) is 74.3 Å². The van der Waals surface area contributed by atoms with Crippen LogP contribution < -0.4 is 5.32 Å². The molecule has 3 unspecified atom stereocenters. The fourth-order valence-electron chi connectivity index (χ4n) is 9.74. The summed E-state index contributed by atoms with van der Waals surface area (Å²) in [6, 6.07) is -0.844. The molecule has 1 amide bonds. The first kappa shape index (κ1) is 74.2. The quantitative estimate of drug-likeness (QED) is 0.0205. The molecule has 0 heterocycles. The summed E-state index contributed by atoms with van der Waals surface area (Å²) < 4.78 is 30.7. The van der Waals surface area contributed by atoms with E-state index in [-0.39, 0.29) is 25.1 Å². The average molecular weight is 1090 g/mol. The molecule has 0 aliphatic rings. The molecule has 0 aromatic rings. The van der Waals surface area contributed by atoms with Crippen molar-refractivity contribution in [2.75, 3.05) is 40.9 Å². The lowest BCUT2D eigenvalue weighted by Crippen LogP contribution is -2.47. The first-order valence-corrected chi connectivity index (χ1v) is 34.3. The Hall–Kier alpha value is -1.77. The van der Waals surface area contributed by atoms with Crippen molar-refractivity contribution in [2.24, 2.45) is 0 Å². The number of hydrogen-bond acceptors (Lipinski definition) is 6. The number of quaternary nitrogens is 1. The van der Waals surface area contributed by atoms with E-state index >= 15 is 0 Å². The van der Waals surface area contributed by atoms with Crippen LogP contribution in [0.1, 0.15) is 323 Å². The maximum Gasteiger partial charge on any atom is 0.472 e. The molecule has 2 N–H and O–H groups in total. The molecular formula is C66H128N2O7P+. The topological polar surface area (TPSA) is 111 Å². The van der Waals surface area contributed by atoms with E-state index in [0.29, 0.717) is 23.9 Å². The highest BCUT2D eigenvalue weighted by Crippen LogP contribution is 2.43. The van der Waals surface area contributed by atoms with Gasteiger partial charge >= 0.3 is 13.8 Å². The molecule has 76 heavy (non-hydrogen) atoms. The SMILES string of the molecule is CCCCC/C=C\C/C=C\CCCCCCCCCCCCCCCC(=O)NC(COP(=O)(O)OCC[N+](C)(C)C)C(/C=C\CCCCCCCCCCCC)OC(=O)CCCCCCCCCCCCCCCCC. The van der Waals surface area contributed by atoms with Crippen LogP contribution in [0, 0.1) is 0 Å². The second-order valence-electron chi connectivity index (χ2n) is 23.6. The van der Waals surface area contributed by atoms with Gasteiger partial charge < -0.3 is 19.4 Å². The number of rotatable bonds is 60. The monoisotopic (exact) mass is 1090 g/mol. The van der Waals surface area contributed by atoms with Gasteiger partial charge in [0.25, 0.3) is 0 Å². The molecule has 0 fully saturated rings. The summed E-state index contributed by atoms with van der Waals surface area (Å²) in [5, 5.41) is 3.07. The predicted octanol–water partition coefficient (Wildman–Crippen LogP) is 20.3. The normalized spacial score (nSPS) is 13.8. The van der Waals surface area contributed by atoms with E-state index in [1.165, 1.54) is 225 Å². The fourth-order valence-corrected chi connectivity index (χ4v) is 10.5. The van der Waals surface area contributed by atoms with E-state index < -0.39 is 20.0 Å². The molecular weight excluding hydrogens is 964 g/mol. The van der Waals surface area contributed by atoms with E-state index in [9.17, 15) is 19.0 Å². The summed E-state index contributed by atoms with van der Waals surface area (Å²) in [6.07, 6.45) is 68.5. The number of nitrogens with one attached hydrogen (secondary N) is 1. The van der Waals surface area contributed by atoms with Crippen LogP contribution in [0.4, 0.5) is 0 Å². The van der Waals surface area contributed by atoms with Gasteiger partial charge in [-0.15, -0.1) is 0 Å². The van der Waals surface area contributed by atoms with Gasteiger partial charge in [0, 0.05) is 12.8 Å². The Morgan fingerprint density at radius 2 is 0.803 bits per heavy atom. The van der Waals surface area contributed by atoms with Gasteiger partial charge in [0.1, 0.15) is 19.3 Å². The molecule has 0 saturated carbocycles. The number of hydrogen-bond donors (Lipinski definition) is 2. The van der Waals surface area contributed by atoms with Crippen LogP contribution in [0.5, 0.6) is 0 Å². The molecule has 3 atom stereocenters. The number of ether oxygens (including phenoxy) is 1. The van der Waals surface area contributed by atoms with Crippen LogP contribution in [0.15, 0.2) is 36.5 Å². The zero-order chi connectivity index (χ0) is 55.7. The van der Waals surface area contributed by atoms with Crippen molar-refractivity contribution in [3.8, 4) is 0 Å². The molecule has 0 spiro atoms. The summed E-state index contributed by atoms with van der Waals surface area (Å²) in [4.78, 5) is 37.8. The van der Waals surface area contributed by atoms with Crippen molar-refractivity contribution < 1.29 is 37.3 Å². The average Bonchev–Trinajstić information content (AvgIpc) is 3.38. The number of carbonyl (C=O) groups is 2. The molecule has 0 bridgehead atoms. The van der Waals surface area contributed by atoms with E-state index in [2.05, 4.69) is 50.4 Å². The number of phosphoric ester groups is 1. The first-order chi connectivity index (χ1) is 36.9. The molecule has 9 nitrogen and oxygen atoms in total. The van der Waals surface area contributed by atoms with Crippen molar-refractivity contribution in [1.82, 2.24) is 5.32 Å². The maximum atomic E-state index is 13.6. The standard InChI is InChI=1S/C66H127N2O7P/c1-7-10-13-16-19-22-25-28-30-31-32-33-34-35-36-37-39-40-43-46-49-52-55-58-65(69)67-63(62-74-76(71,72)73-61-60-68(4,5)6)64(57-54-51-48-45-42-27-24-21-18-15-12-9-3)75-66(70)59-56-53-50-47-44-41-38-29-26-23-20-17-14-11-8-2/h19,22,28,30,54,57,63-64H,7-18,20-21,23-27,29,31-53,55-56,58-62H2,1-6H3,(H-,67,69,71,72)/p+1/b22-19-,30-28-,57-54-. The van der Waals surface area contributed by atoms with Gasteiger partial charge in [0.15, 0.2) is 0 Å². The summed E-state index contributed by atoms with van der Waals surface area (Å²) in [7, 11) is 1.51. The van der Waals surface area contributed by atoms with E-state index in [1.54, 1.807) is 0 Å². The second-order valence-corrected chi connectivity index (χ2v) is 25.1. The Morgan fingerprint density at radius 3 is 1.21 bits per heavy atom. The largest absolute Gasteiger partial charge is 0.472 e. The van der Waals surface area contributed by atoms with Crippen molar-refractivity contribution in [1.29, 1.82) is 0 Å². The summed E-state index contributed by atoms with van der Waals surface area (Å²) in [5.41, 5.74) is 0. The molecule has 0 saturated heterocycles. The smallest absolute Gasteiger partial charge is 0.456 e. The number of nitrogens with zero attached hydrogens (tertiary/aromatic N) is 1. The van der Waals surface area contributed by atoms with Crippen LogP contribution in [0.25, 0.3) is 0 Å². The number of unbranched alkanes of at least 4 members (excludes halogenated alkanes) is 40. The van der Waals surface area contributed by atoms with Crippen molar-refractivity contribution in [3.05, 3.63) is 36.5 Å². The minimum absolute atomic E-state index is 0.0429. The first-order valence-electron chi connectivity index (χ1n) is 32.8. The van der Waals surface area contributed by atoms with Gasteiger partial charge in [0.05, 0.1) is 33.8 Å². The lowest BCUT2D eigenvalue weighted by molar-refractivity contribution is -0.870. The number of phosphoric acid groups is 1. The van der Waals surface area contributed by atoms with Crippen LogP contribution in [-0.2, 0) is 27.9 Å². The van der Waals surface area contributed by atoms with Gasteiger partial charge in [-0.25, -0.2) is 4.57 Å². The van der Waals surface area contributed by atoms with Gasteiger partial charge in [-0.2, -0.15) is 0 Å². The number of esters is 1. The number of likely N-dealkylation sites (N-methyl/N-ethyl adjacent to an activating group) is 1. The van der Waals surface area contributed by atoms with Gasteiger partial charge in [0.2, 0.25) is 5.91 Å². The van der Waals surface area contributed by atoms with Gasteiger partial charge in [-0.05, 0) is 63.9 Å². The van der Waals surface area contributed by atoms with Crippen LogP contribution >= 0.6 is 7.82 Å². The van der Waals surface area contributed by atoms with E-state index in [4.69, 9.17) is 13.8 Å². The molecule has 10 heteroatoms. The fraction of sp³-hybridized carbons (Fsp3) is 0.879. The minimum Gasteiger partial charge on any atom is -0.456 e. The highest BCUT2D eigenvalue weighted by molar-refractivity contribution is 7.47. The van der Waals surface area contributed by atoms with E-state index in [0.717, 1.165) is 64.2 Å². The van der Waals surface area contributed by atoms with Crippen molar-refractivity contribution >= 4 is 19.7 Å². The zero-order valence-electron chi connectivity index (χ0n) is 51.3. The van der Waals surface area contributed by atoms with Crippen LogP contribution in [0.2, 0.25) is 0 Å². The second kappa shape index (κ2) is 56.5. The summed E-state index contributed by atoms with van der Waals surface area (Å²) in [5.74, 6) is -0.490. The minimum atomic E-state index is -4.44. The number of carbonyl (C=O) groups excluding carboxylic acids is 2. The molecule has 0 radical (unpaired) electrons. The highest BCUT2D eigenvalue weighted by Gasteiger charge is 2.30. The Morgan fingerprint density at radius 1 is 0.461 bits per heavy atom. The molecule has 0 aliphatic carbocycles. The third-order valence-electron chi connectivity index (χ3n) is 14.8. The lowest BCUT2D eigenvalue weighted by Gasteiger charge is -2.27. The highest BCUT2D eigenvalue weighted by atomic mass is 31.2. The zero-order valence-corrected chi connectivity index (χ0v) is 52.2. The van der Waals surface area contributed by atoms with E-state index in [1.807, 2.05) is 33.3 Å². The Kier molecular flexibility index (Phi) is 55.2. The van der Waals surface area contributed by atoms with Crippen molar-refractivity contribution in [2.45, 2.75) is 335 Å².